The number of ether oxygens (including phenoxy) is 1. The summed E-state index contributed by atoms with van der Waals surface area (Å²) in [6, 6.07) is 4.50. The zero-order valence-corrected chi connectivity index (χ0v) is 14.1. The fourth-order valence-electron chi connectivity index (χ4n) is 2.91. The minimum absolute atomic E-state index is 0.0766. The molecular weight excluding hydrogens is 297 g/mol. The largest absolute Gasteiger partial charge is 0.496 e. The van der Waals surface area contributed by atoms with Crippen molar-refractivity contribution in [3.63, 3.8) is 0 Å². The first-order chi connectivity index (χ1) is 11.0. The number of nitrogens with one attached hydrogen (secondary N) is 1. The monoisotopic (exact) mass is 323 g/mol. The molecule has 5 nitrogen and oxygen atoms in total. The Morgan fingerprint density at radius 1 is 1.35 bits per heavy atom. The number of halogens is 1. The minimum atomic E-state index is -0.246. The van der Waals surface area contributed by atoms with Gasteiger partial charge >= 0.3 is 0 Å². The van der Waals surface area contributed by atoms with Crippen LogP contribution >= 0.6 is 0 Å². The van der Waals surface area contributed by atoms with E-state index in [9.17, 15) is 9.18 Å². The molecule has 0 aromatic heterocycles. The van der Waals surface area contributed by atoms with Gasteiger partial charge in [0.1, 0.15) is 11.6 Å². The lowest BCUT2D eigenvalue weighted by Crippen LogP contribution is -2.53. The maximum Gasteiger partial charge on any atom is 0.237 e. The van der Waals surface area contributed by atoms with E-state index in [4.69, 9.17) is 4.74 Å². The van der Waals surface area contributed by atoms with Gasteiger partial charge in [-0.15, -0.1) is 0 Å². The van der Waals surface area contributed by atoms with E-state index in [-0.39, 0.29) is 17.8 Å². The highest BCUT2D eigenvalue weighted by Gasteiger charge is 2.25. The van der Waals surface area contributed by atoms with Crippen molar-refractivity contribution in [2.24, 2.45) is 0 Å². The molecule has 1 aromatic carbocycles. The number of carbonyl (C=O) groups is 1. The number of methoxy groups -OCH3 is 1. The summed E-state index contributed by atoms with van der Waals surface area (Å²) in [5, 5.41) is 2.86. The predicted molar refractivity (Wildman–Crippen MR) is 87.9 cm³/mol. The Morgan fingerprint density at radius 2 is 2.04 bits per heavy atom. The maximum atomic E-state index is 13.4. The minimum Gasteiger partial charge on any atom is -0.496 e. The highest BCUT2D eigenvalue weighted by Crippen LogP contribution is 2.22. The van der Waals surface area contributed by atoms with Gasteiger partial charge in [0.15, 0.2) is 0 Å². The van der Waals surface area contributed by atoms with Crippen LogP contribution in [0.4, 0.5) is 4.39 Å². The number of likely N-dealkylation sites (N-methyl/N-ethyl adjacent to an activating group) is 1. The van der Waals surface area contributed by atoms with E-state index < -0.39 is 0 Å². The second-order valence-corrected chi connectivity index (χ2v) is 5.84. The second kappa shape index (κ2) is 8.26. The van der Waals surface area contributed by atoms with Crippen LogP contribution in [0.5, 0.6) is 5.75 Å². The van der Waals surface area contributed by atoms with E-state index >= 15 is 0 Å². The topological polar surface area (TPSA) is 44.8 Å². The Bertz CT molecular complexity index is 531. The van der Waals surface area contributed by atoms with E-state index in [0.29, 0.717) is 18.8 Å². The summed E-state index contributed by atoms with van der Waals surface area (Å²) in [5.74, 6) is 0.543. The van der Waals surface area contributed by atoms with Crippen LogP contribution in [0.2, 0.25) is 0 Å². The molecule has 1 atom stereocenters. The fraction of sp³-hybridized carbons (Fsp3) is 0.588. The van der Waals surface area contributed by atoms with Crippen LogP contribution < -0.4 is 10.1 Å². The quantitative estimate of drug-likeness (QED) is 0.861. The van der Waals surface area contributed by atoms with Crippen molar-refractivity contribution in [2.75, 3.05) is 39.8 Å². The number of piperazine rings is 1. The van der Waals surface area contributed by atoms with Crippen molar-refractivity contribution in [2.45, 2.75) is 26.4 Å². The summed E-state index contributed by atoms with van der Waals surface area (Å²) in [6.45, 7) is 8.54. The zero-order valence-electron chi connectivity index (χ0n) is 14.1. The molecule has 2 rings (SSSR count). The van der Waals surface area contributed by atoms with Crippen molar-refractivity contribution in [3.8, 4) is 5.75 Å². The Hall–Kier alpha value is -1.66. The van der Waals surface area contributed by atoms with Gasteiger partial charge in [0.25, 0.3) is 0 Å². The van der Waals surface area contributed by atoms with E-state index in [1.165, 1.54) is 12.1 Å². The predicted octanol–water partition coefficient (Wildman–Crippen LogP) is 1.48. The maximum absolute atomic E-state index is 13.4. The molecule has 0 spiro atoms. The number of rotatable bonds is 6. The van der Waals surface area contributed by atoms with Gasteiger partial charge in [-0.1, -0.05) is 0 Å². The molecule has 0 radical (unpaired) electrons. The van der Waals surface area contributed by atoms with E-state index in [1.807, 2.05) is 13.8 Å². The van der Waals surface area contributed by atoms with Gasteiger partial charge in [-0.3, -0.25) is 14.6 Å². The molecule has 1 saturated heterocycles. The molecule has 1 fully saturated rings. The standard InChI is InChI=1S/C17H26FN3O2/c1-4-19-17(22)13(2)21-9-7-20(8-10-21)12-14-11-15(18)5-6-16(14)23-3/h5-6,11,13H,4,7-10,12H2,1-3H3,(H,19,22)/t13-/m0/s1. The smallest absolute Gasteiger partial charge is 0.237 e. The lowest BCUT2D eigenvalue weighted by molar-refractivity contribution is -0.126. The summed E-state index contributed by atoms with van der Waals surface area (Å²) < 4.78 is 18.7. The SMILES string of the molecule is CCNC(=O)[C@H](C)N1CCN(Cc2cc(F)ccc2OC)CC1. The van der Waals surface area contributed by atoms with E-state index in [2.05, 4.69) is 15.1 Å². The van der Waals surface area contributed by atoms with E-state index in [1.54, 1.807) is 13.2 Å². The number of hydrogen-bond acceptors (Lipinski definition) is 4. The van der Waals surface area contributed by atoms with Gasteiger partial charge in [0.2, 0.25) is 5.91 Å². The first-order valence-electron chi connectivity index (χ1n) is 8.11. The highest BCUT2D eigenvalue weighted by atomic mass is 19.1. The molecule has 1 amide bonds. The lowest BCUT2D eigenvalue weighted by Gasteiger charge is -2.37. The summed E-state index contributed by atoms with van der Waals surface area (Å²) in [6.07, 6.45) is 0. The number of amides is 1. The van der Waals surface area contributed by atoms with Crippen LogP contribution in [-0.4, -0.2) is 61.6 Å². The van der Waals surface area contributed by atoms with Crippen LogP contribution in [0.1, 0.15) is 19.4 Å². The summed E-state index contributed by atoms with van der Waals surface area (Å²) in [7, 11) is 1.60. The molecule has 1 aromatic rings. The first-order valence-corrected chi connectivity index (χ1v) is 8.11. The van der Waals surface area contributed by atoms with Crippen molar-refractivity contribution < 1.29 is 13.9 Å². The Morgan fingerprint density at radius 3 is 2.65 bits per heavy atom. The summed E-state index contributed by atoms with van der Waals surface area (Å²) >= 11 is 0. The molecule has 1 heterocycles. The Kier molecular flexibility index (Phi) is 6.36. The fourth-order valence-corrected chi connectivity index (χ4v) is 2.91. The molecule has 6 heteroatoms. The van der Waals surface area contributed by atoms with Crippen LogP contribution in [0.15, 0.2) is 18.2 Å². The second-order valence-electron chi connectivity index (χ2n) is 5.84. The first kappa shape index (κ1) is 17.7. The van der Waals surface area contributed by atoms with Crippen LogP contribution in [0.3, 0.4) is 0 Å². The van der Waals surface area contributed by atoms with Gasteiger partial charge in [0.05, 0.1) is 13.2 Å². The number of hydrogen-bond donors (Lipinski definition) is 1. The Labute approximate surface area is 137 Å². The van der Waals surface area contributed by atoms with E-state index in [0.717, 1.165) is 31.7 Å². The van der Waals surface area contributed by atoms with Crippen molar-refractivity contribution >= 4 is 5.91 Å². The highest BCUT2D eigenvalue weighted by molar-refractivity contribution is 5.81. The average Bonchev–Trinajstić information content (AvgIpc) is 2.55. The van der Waals surface area contributed by atoms with Crippen LogP contribution in [-0.2, 0) is 11.3 Å². The normalized spacial score (nSPS) is 17.7. The molecule has 1 N–H and O–H groups in total. The van der Waals surface area contributed by atoms with Gasteiger partial charge in [-0.25, -0.2) is 4.39 Å². The number of carbonyl (C=O) groups excluding carboxylic acids is 1. The van der Waals surface area contributed by atoms with Gasteiger partial charge in [-0.2, -0.15) is 0 Å². The average molecular weight is 323 g/mol. The zero-order chi connectivity index (χ0) is 16.8. The number of nitrogens with zero attached hydrogens (tertiary/aromatic N) is 2. The van der Waals surface area contributed by atoms with Gasteiger partial charge in [-0.05, 0) is 32.0 Å². The lowest BCUT2D eigenvalue weighted by atomic mass is 10.1. The summed E-state index contributed by atoms with van der Waals surface area (Å²) in [4.78, 5) is 16.4. The summed E-state index contributed by atoms with van der Waals surface area (Å²) in [5.41, 5.74) is 0.859. The molecule has 0 saturated carbocycles. The molecule has 1 aliphatic rings. The molecule has 0 aliphatic carbocycles. The molecule has 0 bridgehead atoms. The molecular formula is C17H26FN3O2. The van der Waals surface area contributed by atoms with Crippen molar-refractivity contribution in [3.05, 3.63) is 29.6 Å². The Balaban J connectivity index is 1.90. The van der Waals surface area contributed by atoms with Gasteiger partial charge in [0, 0.05) is 44.8 Å². The van der Waals surface area contributed by atoms with Gasteiger partial charge < -0.3 is 10.1 Å². The van der Waals surface area contributed by atoms with Crippen molar-refractivity contribution in [1.82, 2.24) is 15.1 Å². The third-order valence-corrected chi connectivity index (χ3v) is 4.32. The third-order valence-electron chi connectivity index (χ3n) is 4.32. The molecule has 23 heavy (non-hydrogen) atoms. The number of benzene rings is 1. The third kappa shape index (κ3) is 4.65. The molecule has 128 valence electrons. The molecule has 0 unspecified atom stereocenters. The van der Waals surface area contributed by atoms with Crippen LogP contribution in [0.25, 0.3) is 0 Å². The van der Waals surface area contributed by atoms with Crippen molar-refractivity contribution in [1.29, 1.82) is 0 Å². The van der Waals surface area contributed by atoms with Crippen LogP contribution in [0, 0.1) is 5.82 Å². The molecule has 1 aliphatic heterocycles.